The molecule has 0 spiro atoms. The van der Waals surface area contributed by atoms with Gasteiger partial charge < -0.3 is 44.1 Å². The third-order valence-corrected chi connectivity index (χ3v) is 9.81. The van der Waals surface area contributed by atoms with Crippen LogP contribution in [0, 0.1) is 11.8 Å². The molecule has 1 unspecified atom stereocenters. The summed E-state index contributed by atoms with van der Waals surface area (Å²) in [4.78, 5) is 30.1. The number of epoxide rings is 1. The maximum absolute atomic E-state index is 13.3. The molecule has 11 nitrogen and oxygen atoms in total. The van der Waals surface area contributed by atoms with Crippen molar-refractivity contribution in [3.63, 3.8) is 0 Å². The lowest BCUT2D eigenvalue weighted by atomic mass is 9.88. The number of allylic oxidation sites excluding steroid dienone is 2. The fourth-order valence-corrected chi connectivity index (χ4v) is 6.45. The van der Waals surface area contributed by atoms with Gasteiger partial charge in [-0.25, -0.2) is 4.79 Å². The summed E-state index contributed by atoms with van der Waals surface area (Å²) >= 11 is 0. The van der Waals surface area contributed by atoms with Gasteiger partial charge in [0.1, 0.15) is 11.7 Å². The number of aliphatic hydroxyl groups is 3. The first-order chi connectivity index (χ1) is 22.1. The second-order valence-electron chi connectivity index (χ2n) is 14.2. The molecule has 0 aromatic heterocycles. The number of ether oxygens (including phenoxy) is 4. The first-order valence-electron chi connectivity index (χ1n) is 17.3. The summed E-state index contributed by atoms with van der Waals surface area (Å²) in [6.45, 7) is 16.2. The molecule has 0 aliphatic carbocycles. The summed E-state index contributed by atoms with van der Waals surface area (Å²) in [6.07, 6.45) is 7.06. The lowest BCUT2D eigenvalue weighted by Crippen LogP contribution is -2.51. The summed E-state index contributed by atoms with van der Waals surface area (Å²) in [7, 11) is 2.02. The Balaban J connectivity index is 1.79. The lowest BCUT2D eigenvalue weighted by molar-refractivity contribution is -0.152. The number of nitrogens with zero attached hydrogens (tertiary/aromatic N) is 2. The molecule has 0 radical (unpaired) electrons. The van der Waals surface area contributed by atoms with Crippen molar-refractivity contribution in [3.05, 3.63) is 36.0 Å². The normalized spacial score (nSPS) is 34.8. The quantitative estimate of drug-likeness (QED) is 0.128. The number of piperazine rings is 1. The SMILES string of the molecule is CCO[C@]1(C)CC[C@@H](O)CC(=O)O[C@H](/C(C)=C/C=C/C(C)(O)C[C@H]2O[C@@H]2[C@@H](C)[C@@H](O)CC)[C@@H](C)/C=C/[C@@H]1OC(=O)N1CCN(C)CC1. The van der Waals surface area contributed by atoms with E-state index in [0.29, 0.717) is 39.0 Å². The molecule has 3 aliphatic heterocycles. The molecular weight excluding hydrogens is 604 g/mol. The van der Waals surface area contributed by atoms with Gasteiger partial charge in [0.2, 0.25) is 0 Å². The van der Waals surface area contributed by atoms with E-state index in [0.717, 1.165) is 18.7 Å². The van der Waals surface area contributed by atoms with Gasteiger partial charge in [0.25, 0.3) is 0 Å². The molecule has 2 fully saturated rings. The number of hydrogen-bond acceptors (Lipinski definition) is 10. The van der Waals surface area contributed by atoms with E-state index >= 15 is 0 Å². The standard InChI is InChI=1S/C36H60N2O9/c1-9-28(40)26(5)33-29(45-33)23-35(6,43)16-11-12-24(3)32-25(4)13-14-30(46-34(42)38-20-18-37(8)19-21-38)36(7,44-10-2)17-15-27(39)22-31(41)47-32/h11-14,16,25-30,32-33,39-40,43H,9-10,15,17-23H2,1-8H3/b14-13+,16-11+,24-12+/t25-,26-,27+,28-,29+,30-,32+,33+,35?,36+/m0/s1. The number of hydrogen-bond donors (Lipinski definition) is 3. The average Bonchev–Trinajstić information content (AvgIpc) is 3.77. The molecule has 3 N–H and O–H groups in total. The monoisotopic (exact) mass is 664 g/mol. The molecule has 2 saturated heterocycles. The predicted octanol–water partition coefficient (Wildman–Crippen LogP) is 4.00. The highest BCUT2D eigenvalue weighted by atomic mass is 16.6. The van der Waals surface area contributed by atoms with Crippen LogP contribution in [0.5, 0.6) is 0 Å². The first kappa shape index (κ1) is 39.2. The number of carbonyl (C=O) groups is 2. The van der Waals surface area contributed by atoms with E-state index in [1.165, 1.54) is 0 Å². The zero-order valence-corrected chi connectivity index (χ0v) is 29.8. The predicted molar refractivity (Wildman–Crippen MR) is 180 cm³/mol. The second-order valence-corrected chi connectivity index (χ2v) is 14.2. The zero-order chi connectivity index (χ0) is 34.9. The summed E-state index contributed by atoms with van der Waals surface area (Å²) in [5.41, 5.74) is -1.33. The minimum absolute atomic E-state index is 0.00271. The van der Waals surface area contributed by atoms with E-state index in [9.17, 15) is 24.9 Å². The van der Waals surface area contributed by atoms with Crippen molar-refractivity contribution in [2.45, 2.75) is 128 Å². The number of amides is 1. The Bertz CT molecular complexity index is 1120. The third-order valence-electron chi connectivity index (χ3n) is 9.81. The van der Waals surface area contributed by atoms with Crippen LogP contribution in [0.2, 0.25) is 0 Å². The van der Waals surface area contributed by atoms with Crippen molar-refractivity contribution in [2.24, 2.45) is 11.8 Å². The number of aliphatic hydroxyl groups excluding tert-OH is 2. The van der Waals surface area contributed by atoms with Gasteiger partial charge in [-0.3, -0.25) is 4.79 Å². The van der Waals surface area contributed by atoms with Crippen LogP contribution in [-0.4, -0.2) is 125 Å². The summed E-state index contributed by atoms with van der Waals surface area (Å²) < 4.78 is 24.0. The lowest BCUT2D eigenvalue weighted by Gasteiger charge is -2.38. The van der Waals surface area contributed by atoms with Crippen molar-refractivity contribution in [1.29, 1.82) is 0 Å². The maximum Gasteiger partial charge on any atom is 0.410 e. The smallest absolute Gasteiger partial charge is 0.410 e. The molecule has 47 heavy (non-hydrogen) atoms. The molecule has 0 aromatic carbocycles. The zero-order valence-electron chi connectivity index (χ0n) is 29.8. The molecule has 0 saturated carbocycles. The Morgan fingerprint density at radius 2 is 1.91 bits per heavy atom. The topological polar surface area (TPSA) is 142 Å². The van der Waals surface area contributed by atoms with Crippen molar-refractivity contribution in [1.82, 2.24) is 9.80 Å². The summed E-state index contributed by atoms with van der Waals surface area (Å²) in [5.74, 6) is -0.830. The Hall–Kier alpha value is -2.28. The van der Waals surface area contributed by atoms with E-state index in [-0.39, 0.29) is 36.9 Å². The van der Waals surface area contributed by atoms with E-state index in [2.05, 4.69) is 4.90 Å². The molecular formula is C36H60N2O9. The average molecular weight is 665 g/mol. The van der Waals surface area contributed by atoms with Crippen LogP contribution < -0.4 is 0 Å². The van der Waals surface area contributed by atoms with Gasteiger partial charge in [0.05, 0.1) is 36.4 Å². The number of esters is 1. The van der Waals surface area contributed by atoms with Crippen molar-refractivity contribution >= 4 is 12.1 Å². The van der Waals surface area contributed by atoms with E-state index < -0.39 is 47.7 Å². The molecule has 268 valence electrons. The van der Waals surface area contributed by atoms with Crippen molar-refractivity contribution in [2.75, 3.05) is 39.8 Å². The fourth-order valence-electron chi connectivity index (χ4n) is 6.45. The van der Waals surface area contributed by atoms with Gasteiger partial charge in [0.15, 0.2) is 6.10 Å². The Kier molecular flexibility index (Phi) is 14.5. The van der Waals surface area contributed by atoms with Crippen molar-refractivity contribution < 1.29 is 43.9 Å². The number of cyclic esters (lactones) is 1. The molecule has 3 heterocycles. The first-order valence-corrected chi connectivity index (χ1v) is 17.3. The van der Waals surface area contributed by atoms with E-state index in [1.807, 2.05) is 66.8 Å². The molecule has 0 aromatic rings. The van der Waals surface area contributed by atoms with Crippen molar-refractivity contribution in [3.8, 4) is 0 Å². The van der Waals surface area contributed by atoms with Gasteiger partial charge in [0, 0.05) is 51.0 Å². The van der Waals surface area contributed by atoms with E-state index in [4.69, 9.17) is 18.9 Å². The molecule has 0 bridgehead atoms. The number of carbonyl (C=O) groups excluding carboxylic acids is 2. The molecule has 10 atom stereocenters. The van der Waals surface area contributed by atoms with Crippen LogP contribution in [0.15, 0.2) is 36.0 Å². The molecule has 3 aliphatic rings. The summed E-state index contributed by atoms with van der Waals surface area (Å²) in [5, 5.41) is 32.0. The largest absolute Gasteiger partial charge is 0.457 e. The second kappa shape index (κ2) is 17.4. The maximum atomic E-state index is 13.3. The Morgan fingerprint density at radius 3 is 2.55 bits per heavy atom. The van der Waals surface area contributed by atoms with Gasteiger partial charge >= 0.3 is 12.1 Å². The van der Waals surface area contributed by atoms with Crippen LogP contribution in [0.3, 0.4) is 0 Å². The minimum atomic E-state index is -1.14. The minimum Gasteiger partial charge on any atom is -0.457 e. The molecule has 11 heteroatoms. The Labute approximate surface area is 281 Å². The van der Waals surface area contributed by atoms with Gasteiger partial charge in [-0.15, -0.1) is 0 Å². The fraction of sp³-hybridized carbons (Fsp3) is 0.778. The Morgan fingerprint density at radius 1 is 1.23 bits per heavy atom. The van der Waals surface area contributed by atoms with Crippen LogP contribution in [-0.2, 0) is 23.7 Å². The highest BCUT2D eigenvalue weighted by Crippen LogP contribution is 2.37. The van der Waals surface area contributed by atoms with Gasteiger partial charge in [-0.05, 0) is 65.7 Å². The third kappa shape index (κ3) is 11.7. The van der Waals surface area contributed by atoms with Gasteiger partial charge in [-0.2, -0.15) is 0 Å². The van der Waals surface area contributed by atoms with Gasteiger partial charge in [-0.1, -0.05) is 45.1 Å². The van der Waals surface area contributed by atoms with Crippen LogP contribution in [0.25, 0.3) is 0 Å². The number of rotatable bonds is 11. The summed E-state index contributed by atoms with van der Waals surface area (Å²) in [6, 6.07) is 0. The van der Waals surface area contributed by atoms with E-state index in [1.54, 1.807) is 24.0 Å². The van der Waals surface area contributed by atoms with Crippen LogP contribution in [0.4, 0.5) is 4.79 Å². The highest BCUT2D eigenvalue weighted by Gasteiger charge is 2.47. The highest BCUT2D eigenvalue weighted by molar-refractivity contribution is 5.70. The number of likely N-dealkylation sites (N-methyl/N-ethyl adjacent to an activating group) is 1. The van der Waals surface area contributed by atoms with Crippen LogP contribution in [0.1, 0.15) is 80.6 Å². The molecule has 1 amide bonds. The molecule has 3 rings (SSSR count). The van der Waals surface area contributed by atoms with Crippen LogP contribution >= 0.6 is 0 Å².